The normalized spacial score (nSPS) is 14.6. The number of aromatic nitrogens is 1. The molecular formula is C12H17F3N2O. The lowest BCUT2D eigenvalue weighted by molar-refractivity contribution is -0.139. The van der Waals surface area contributed by atoms with Crippen molar-refractivity contribution in [3.63, 3.8) is 0 Å². The van der Waals surface area contributed by atoms with Crippen LogP contribution in [0.2, 0.25) is 0 Å². The minimum atomic E-state index is -4.51. The Labute approximate surface area is 104 Å². The molecule has 0 saturated carbocycles. The zero-order chi connectivity index (χ0) is 14.0. The second-order valence-electron chi connectivity index (χ2n) is 5.11. The Kier molecular flexibility index (Phi) is 4.34. The highest BCUT2D eigenvalue weighted by molar-refractivity contribution is 5.28. The van der Waals surface area contributed by atoms with Crippen molar-refractivity contribution in [2.45, 2.75) is 38.6 Å². The van der Waals surface area contributed by atoms with Crippen molar-refractivity contribution in [2.24, 2.45) is 0 Å². The third-order valence-corrected chi connectivity index (χ3v) is 2.34. The van der Waals surface area contributed by atoms with Gasteiger partial charge >= 0.3 is 6.18 Å². The van der Waals surface area contributed by atoms with E-state index in [-0.39, 0.29) is 17.6 Å². The molecular weight excluding hydrogens is 245 g/mol. The Morgan fingerprint density at radius 1 is 1.33 bits per heavy atom. The topological polar surface area (TPSA) is 45.1 Å². The Morgan fingerprint density at radius 2 is 1.94 bits per heavy atom. The zero-order valence-corrected chi connectivity index (χ0v) is 10.5. The van der Waals surface area contributed by atoms with Gasteiger partial charge in [-0.3, -0.25) is 4.98 Å². The van der Waals surface area contributed by atoms with Gasteiger partial charge in [0.1, 0.15) is 0 Å². The molecule has 0 aliphatic carbocycles. The van der Waals surface area contributed by atoms with E-state index in [0.29, 0.717) is 0 Å². The van der Waals surface area contributed by atoms with Crippen LogP contribution < -0.4 is 5.32 Å². The lowest BCUT2D eigenvalue weighted by Crippen LogP contribution is -2.38. The molecule has 3 nitrogen and oxygen atoms in total. The molecule has 0 amide bonds. The number of nitrogens with one attached hydrogen (secondary N) is 1. The third-order valence-electron chi connectivity index (χ3n) is 2.34. The average molecular weight is 262 g/mol. The van der Waals surface area contributed by atoms with Gasteiger partial charge in [0.15, 0.2) is 0 Å². The lowest BCUT2D eigenvalue weighted by atomic mass is 10.0. The molecule has 2 N–H and O–H groups in total. The highest BCUT2D eigenvalue weighted by atomic mass is 19.4. The smallest absolute Gasteiger partial charge is 0.387 e. The van der Waals surface area contributed by atoms with Crippen molar-refractivity contribution in [1.82, 2.24) is 10.3 Å². The average Bonchev–Trinajstić information content (AvgIpc) is 2.24. The minimum Gasteiger partial charge on any atom is -0.387 e. The fourth-order valence-electron chi connectivity index (χ4n) is 1.45. The highest BCUT2D eigenvalue weighted by Gasteiger charge is 2.35. The molecule has 1 heterocycles. The van der Waals surface area contributed by atoms with Crippen molar-refractivity contribution in [3.8, 4) is 0 Å². The molecule has 0 spiro atoms. The number of alkyl halides is 3. The molecule has 0 aromatic carbocycles. The van der Waals surface area contributed by atoms with Gasteiger partial charge in [-0.15, -0.1) is 0 Å². The van der Waals surface area contributed by atoms with Crippen LogP contribution in [0.3, 0.4) is 0 Å². The van der Waals surface area contributed by atoms with E-state index >= 15 is 0 Å². The van der Waals surface area contributed by atoms with Crippen molar-refractivity contribution in [2.75, 3.05) is 6.54 Å². The molecule has 0 bridgehead atoms. The Bertz CT molecular complexity index is 399. The summed E-state index contributed by atoms with van der Waals surface area (Å²) in [6.45, 7) is 5.67. The van der Waals surface area contributed by atoms with Crippen LogP contribution in [0, 0.1) is 0 Å². The fourth-order valence-corrected chi connectivity index (χ4v) is 1.45. The number of β-amino-alcohol motifs (C(OH)–C–C–N with tert-alkyl or cyclic N) is 1. The summed E-state index contributed by atoms with van der Waals surface area (Å²) in [5.74, 6) is 0. The molecule has 1 atom stereocenters. The molecule has 0 saturated heterocycles. The van der Waals surface area contributed by atoms with Gasteiger partial charge in [-0.05, 0) is 32.4 Å². The van der Waals surface area contributed by atoms with Crippen LogP contribution in [-0.4, -0.2) is 22.2 Å². The third kappa shape index (κ3) is 4.27. The second-order valence-corrected chi connectivity index (χ2v) is 5.11. The molecule has 18 heavy (non-hydrogen) atoms. The minimum absolute atomic E-state index is 0.0522. The maximum atomic E-state index is 12.7. The molecule has 6 heteroatoms. The quantitative estimate of drug-likeness (QED) is 0.879. The summed E-state index contributed by atoms with van der Waals surface area (Å²) in [4.78, 5) is 3.45. The van der Waals surface area contributed by atoms with E-state index in [1.807, 2.05) is 20.8 Å². The van der Waals surface area contributed by atoms with Gasteiger partial charge in [-0.2, -0.15) is 13.2 Å². The summed E-state index contributed by atoms with van der Waals surface area (Å²) < 4.78 is 38.1. The summed E-state index contributed by atoms with van der Waals surface area (Å²) in [5, 5.41) is 12.8. The Balaban J connectivity index is 2.89. The van der Waals surface area contributed by atoms with Gasteiger partial charge in [0.25, 0.3) is 0 Å². The zero-order valence-electron chi connectivity index (χ0n) is 10.5. The van der Waals surface area contributed by atoms with Crippen LogP contribution in [0.25, 0.3) is 0 Å². The van der Waals surface area contributed by atoms with Crippen LogP contribution in [0.1, 0.15) is 38.0 Å². The molecule has 0 fully saturated rings. The number of nitrogens with zero attached hydrogens (tertiary/aromatic N) is 1. The molecule has 0 unspecified atom stereocenters. The monoisotopic (exact) mass is 262 g/mol. The first-order valence-electron chi connectivity index (χ1n) is 5.55. The lowest BCUT2D eigenvalue weighted by Gasteiger charge is -2.24. The maximum Gasteiger partial charge on any atom is 0.418 e. The van der Waals surface area contributed by atoms with E-state index in [4.69, 9.17) is 0 Å². The Hall–Kier alpha value is -1.14. The first-order valence-corrected chi connectivity index (χ1v) is 5.55. The van der Waals surface area contributed by atoms with E-state index in [0.717, 1.165) is 6.20 Å². The number of hydrogen-bond donors (Lipinski definition) is 2. The van der Waals surface area contributed by atoms with Gasteiger partial charge in [-0.25, -0.2) is 0 Å². The van der Waals surface area contributed by atoms with Gasteiger partial charge in [0, 0.05) is 24.5 Å². The van der Waals surface area contributed by atoms with Crippen molar-refractivity contribution in [1.29, 1.82) is 0 Å². The number of halogens is 3. The Morgan fingerprint density at radius 3 is 2.44 bits per heavy atom. The van der Waals surface area contributed by atoms with E-state index in [1.54, 1.807) is 0 Å². The van der Waals surface area contributed by atoms with Gasteiger partial charge in [0.05, 0.1) is 11.7 Å². The summed E-state index contributed by atoms with van der Waals surface area (Å²) >= 11 is 0. The molecule has 1 aromatic heterocycles. The largest absolute Gasteiger partial charge is 0.418 e. The van der Waals surface area contributed by atoms with E-state index in [1.165, 1.54) is 12.3 Å². The standard InChI is InChI=1S/C12H17F3N2O/c1-11(2,3)17-7-10(18)8-4-5-16-6-9(8)12(13,14)15/h4-6,10,17-18H,7H2,1-3H3/t10-/m0/s1. The number of rotatable bonds is 3. The van der Waals surface area contributed by atoms with Crippen LogP contribution in [-0.2, 0) is 6.18 Å². The number of pyridine rings is 1. The molecule has 0 aliphatic heterocycles. The van der Waals surface area contributed by atoms with E-state index < -0.39 is 17.8 Å². The fraction of sp³-hybridized carbons (Fsp3) is 0.583. The number of aliphatic hydroxyl groups is 1. The second kappa shape index (κ2) is 5.24. The van der Waals surface area contributed by atoms with Crippen LogP contribution in [0.15, 0.2) is 18.5 Å². The van der Waals surface area contributed by atoms with E-state index in [9.17, 15) is 18.3 Å². The summed E-state index contributed by atoms with van der Waals surface area (Å²) in [6, 6.07) is 1.19. The van der Waals surface area contributed by atoms with Crippen LogP contribution in [0.4, 0.5) is 13.2 Å². The summed E-state index contributed by atoms with van der Waals surface area (Å²) in [7, 11) is 0. The van der Waals surface area contributed by atoms with Crippen molar-refractivity contribution < 1.29 is 18.3 Å². The van der Waals surface area contributed by atoms with Gasteiger partial charge < -0.3 is 10.4 Å². The molecule has 0 radical (unpaired) electrons. The summed E-state index contributed by atoms with van der Waals surface area (Å²) in [5.41, 5.74) is -1.32. The highest BCUT2D eigenvalue weighted by Crippen LogP contribution is 2.33. The van der Waals surface area contributed by atoms with Crippen LogP contribution >= 0.6 is 0 Å². The summed E-state index contributed by atoms with van der Waals surface area (Å²) in [6.07, 6.45) is -3.75. The van der Waals surface area contributed by atoms with Crippen molar-refractivity contribution >= 4 is 0 Å². The van der Waals surface area contributed by atoms with Gasteiger partial charge in [-0.1, -0.05) is 0 Å². The van der Waals surface area contributed by atoms with Gasteiger partial charge in [0.2, 0.25) is 0 Å². The predicted molar refractivity (Wildman–Crippen MR) is 62.0 cm³/mol. The maximum absolute atomic E-state index is 12.7. The molecule has 1 rings (SSSR count). The first-order chi connectivity index (χ1) is 8.11. The predicted octanol–water partition coefficient (Wildman–Crippen LogP) is 2.52. The molecule has 102 valence electrons. The number of hydrogen-bond acceptors (Lipinski definition) is 3. The SMILES string of the molecule is CC(C)(C)NC[C@H](O)c1ccncc1C(F)(F)F. The van der Waals surface area contributed by atoms with E-state index in [2.05, 4.69) is 10.3 Å². The van der Waals surface area contributed by atoms with Crippen molar-refractivity contribution in [3.05, 3.63) is 29.6 Å². The first kappa shape index (κ1) is 14.9. The molecule has 0 aliphatic rings. The van der Waals surface area contributed by atoms with Crippen LogP contribution in [0.5, 0.6) is 0 Å². The number of aliphatic hydroxyl groups excluding tert-OH is 1. The molecule has 1 aromatic rings.